The second kappa shape index (κ2) is 6.39. The third-order valence-electron chi connectivity index (χ3n) is 7.64. The van der Waals surface area contributed by atoms with E-state index in [1.54, 1.807) is 0 Å². The van der Waals surface area contributed by atoms with Crippen LogP contribution in [0.15, 0.2) is 69.8 Å². The SMILES string of the molecule is CC[C@]1(c2cccc(-c3ccnn3C)c2)C2=CN=NC2NC2=C1C(=O)NC1(CCC1)C2. The zero-order chi connectivity index (χ0) is 21.2. The average molecular weight is 415 g/mol. The van der Waals surface area contributed by atoms with Crippen molar-refractivity contribution in [2.75, 3.05) is 0 Å². The Morgan fingerprint density at radius 2 is 2.13 bits per heavy atom. The second-order valence-electron chi connectivity index (χ2n) is 9.16. The maximum atomic E-state index is 13.6. The fraction of sp³-hybridized carbons (Fsp3) is 0.417. The summed E-state index contributed by atoms with van der Waals surface area (Å²) in [5, 5.41) is 20.0. The minimum Gasteiger partial charge on any atom is -0.362 e. The number of amides is 1. The number of rotatable bonds is 3. The van der Waals surface area contributed by atoms with Gasteiger partial charge in [-0.1, -0.05) is 25.1 Å². The highest BCUT2D eigenvalue weighted by Crippen LogP contribution is 2.53. The molecule has 1 fully saturated rings. The number of nitrogens with zero attached hydrogens (tertiary/aromatic N) is 4. The normalized spacial score (nSPS) is 27.9. The van der Waals surface area contributed by atoms with Crippen LogP contribution >= 0.6 is 0 Å². The van der Waals surface area contributed by atoms with E-state index in [-0.39, 0.29) is 17.6 Å². The topological polar surface area (TPSA) is 83.7 Å². The van der Waals surface area contributed by atoms with Crippen LogP contribution in [0.2, 0.25) is 0 Å². The molecule has 4 aliphatic rings. The van der Waals surface area contributed by atoms with Gasteiger partial charge in [-0.05, 0) is 43.4 Å². The zero-order valence-corrected chi connectivity index (χ0v) is 17.9. The summed E-state index contributed by atoms with van der Waals surface area (Å²) in [5.74, 6) is 0.0486. The van der Waals surface area contributed by atoms with Crippen molar-refractivity contribution in [3.8, 4) is 11.3 Å². The first kappa shape index (κ1) is 18.5. The number of nitrogens with one attached hydrogen (secondary N) is 2. The molecule has 1 aromatic carbocycles. The fourth-order valence-corrected chi connectivity index (χ4v) is 5.94. The summed E-state index contributed by atoms with van der Waals surface area (Å²) in [6, 6.07) is 10.5. The summed E-state index contributed by atoms with van der Waals surface area (Å²) in [7, 11) is 1.95. The first-order chi connectivity index (χ1) is 15.1. The third kappa shape index (κ3) is 2.46. The Balaban J connectivity index is 1.56. The van der Waals surface area contributed by atoms with Crippen LogP contribution in [-0.2, 0) is 17.3 Å². The number of aromatic nitrogens is 2. The van der Waals surface area contributed by atoms with Crippen molar-refractivity contribution in [2.45, 2.75) is 56.1 Å². The smallest absolute Gasteiger partial charge is 0.250 e. The van der Waals surface area contributed by atoms with Gasteiger partial charge in [-0.2, -0.15) is 15.3 Å². The van der Waals surface area contributed by atoms with Crippen molar-refractivity contribution in [1.29, 1.82) is 0 Å². The van der Waals surface area contributed by atoms with Crippen LogP contribution in [0.25, 0.3) is 11.3 Å². The monoisotopic (exact) mass is 414 g/mol. The van der Waals surface area contributed by atoms with E-state index in [0.29, 0.717) is 0 Å². The molecule has 0 saturated heterocycles. The molecule has 2 atom stereocenters. The lowest BCUT2D eigenvalue weighted by Gasteiger charge is -2.52. The largest absolute Gasteiger partial charge is 0.362 e. The molecule has 7 nitrogen and oxygen atoms in total. The highest BCUT2D eigenvalue weighted by molar-refractivity contribution is 6.00. The molecule has 1 saturated carbocycles. The summed E-state index contributed by atoms with van der Waals surface area (Å²) in [6.07, 6.45) is 8.31. The number of azo groups is 1. The first-order valence-corrected chi connectivity index (χ1v) is 11.1. The number of hydrogen-bond acceptors (Lipinski definition) is 5. The number of benzene rings is 1. The fourth-order valence-electron chi connectivity index (χ4n) is 5.94. The summed E-state index contributed by atoms with van der Waals surface area (Å²) < 4.78 is 1.88. The van der Waals surface area contributed by atoms with Gasteiger partial charge in [-0.3, -0.25) is 9.48 Å². The van der Waals surface area contributed by atoms with Crippen molar-refractivity contribution < 1.29 is 4.79 Å². The quantitative estimate of drug-likeness (QED) is 0.803. The molecular formula is C24H26N6O. The molecule has 1 aromatic heterocycles. The molecule has 0 bridgehead atoms. The van der Waals surface area contributed by atoms with Gasteiger partial charge in [0.15, 0.2) is 6.17 Å². The van der Waals surface area contributed by atoms with Crippen LogP contribution < -0.4 is 10.6 Å². The van der Waals surface area contributed by atoms with E-state index < -0.39 is 5.41 Å². The minimum absolute atomic E-state index is 0.0486. The molecule has 1 spiro atoms. The first-order valence-electron chi connectivity index (χ1n) is 11.1. The molecule has 1 unspecified atom stereocenters. The predicted molar refractivity (Wildman–Crippen MR) is 117 cm³/mol. The van der Waals surface area contributed by atoms with Crippen LogP contribution in [0.4, 0.5) is 0 Å². The Morgan fingerprint density at radius 3 is 2.84 bits per heavy atom. The van der Waals surface area contributed by atoms with Gasteiger partial charge in [0.2, 0.25) is 0 Å². The van der Waals surface area contributed by atoms with Crippen molar-refractivity contribution in [3.05, 3.63) is 65.1 Å². The summed E-state index contributed by atoms with van der Waals surface area (Å²) in [5.41, 5.74) is 5.52. The van der Waals surface area contributed by atoms with E-state index in [0.717, 1.165) is 59.3 Å². The lowest BCUT2D eigenvalue weighted by atomic mass is 9.60. The van der Waals surface area contributed by atoms with E-state index in [1.165, 1.54) is 6.42 Å². The molecule has 3 aliphatic heterocycles. The number of carbonyl (C=O) groups excluding carboxylic acids is 1. The average Bonchev–Trinajstić information content (AvgIpc) is 3.40. The number of carbonyl (C=O) groups is 1. The van der Waals surface area contributed by atoms with E-state index in [4.69, 9.17) is 0 Å². The highest BCUT2D eigenvalue weighted by atomic mass is 16.2. The molecule has 6 rings (SSSR count). The molecular weight excluding hydrogens is 388 g/mol. The van der Waals surface area contributed by atoms with Gasteiger partial charge < -0.3 is 10.6 Å². The van der Waals surface area contributed by atoms with E-state index in [1.807, 2.05) is 30.2 Å². The van der Waals surface area contributed by atoms with Gasteiger partial charge in [0.1, 0.15) is 0 Å². The molecule has 1 aliphatic carbocycles. The summed E-state index contributed by atoms with van der Waals surface area (Å²) in [4.78, 5) is 13.6. The maximum absolute atomic E-state index is 13.6. The van der Waals surface area contributed by atoms with Gasteiger partial charge >= 0.3 is 0 Å². The number of fused-ring (bicyclic) bond motifs is 1. The molecule has 1 amide bonds. The molecule has 158 valence electrons. The summed E-state index contributed by atoms with van der Waals surface area (Å²) >= 11 is 0. The van der Waals surface area contributed by atoms with Crippen LogP contribution in [0.3, 0.4) is 0 Å². The molecule has 2 N–H and O–H groups in total. The van der Waals surface area contributed by atoms with Crippen molar-refractivity contribution in [2.24, 2.45) is 17.3 Å². The van der Waals surface area contributed by atoms with Gasteiger partial charge in [0, 0.05) is 42.0 Å². The molecule has 0 radical (unpaired) electrons. The molecule has 2 aromatic rings. The summed E-state index contributed by atoms with van der Waals surface area (Å²) in [6.45, 7) is 2.16. The second-order valence-corrected chi connectivity index (χ2v) is 9.16. The molecule has 4 heterocycles. The van der Waals surface area contributed by atoms with Gasteiger partial charge in [-0.15, -0.1) is 0 Å². The molecule has 31 heavy (non-hydrogen) atoms. The minimum atomic E-state index is -0.557. The van der Waals surface area contributed by atoms with E-state index >= 15 is 0 Å². The Kier molecular flexibility index (Phi) is 3.82. The predicted octanol–water partition coefficient (Wildman–Crippen LogP) is 3.71. The Bertz CT molecular complexity index is 1180. The maximum Gasteiger partial charge on any atom is 0.250 e. The lowest BCUT2D eigenvalue weighted by Crippen LogP contribution is -2.62. The third-order valence-corrected chi connectivity index (χ3v) is 7.64. The standard InChI is InChI=1S/C24H26N6O/c1-3-24(16-7-4-6-15(12-16)19-8-11-26-30(19)2)17-14-25-29-21(17)27-18-13-23(9-5-10-23)28-22(31)20(18)24/h4,6-8,11-12,14,21,27H,3,5,9-10,13H2,1-2H3,(H,28,31)/t21?,24-/m0/s1. The Hall–Kier alpha value is -3.22. The van der Waals surface area contributed by atoms with Crippen LogP contribution in [0, 0.1) is 0 Å². The Labute approximate surface area is 181 Å². The Morgan fingerprint density at radius 1 is 1.26 bits per heavy atom. The van der Waals surface area contributed by atoms with Crippen molar-refractivity contribution >= 4 is 5.91 Å². The van der Waals surface area contributed by atoms with Gasteiger partial charge in [-0.25, -0.2) is 0 Å². The number of hydrogen-bond donors (Lipinski definition) is 2. The zero-order valence-electron chi connectivity index (χ0n) is 17.9. The van der Waals surface area contributed by atoms with E-state index in [9.17, 15) is 4.79 Å². The molecule has 7 heteroatoms. The van der Waals surface area contributed by atoms with Gasteiger partial charge in [0.25, 0.3) is 5.91 Å². The van der Waals surface area contributed by atoms with Crippen LogP contribution in [0.5, 0.6) is 0 Å². The van der Waals surface area contributed by atoms with Crippen LogP contribution in [0.1, 0.15) is 44.6 Å². The van der Waals surface area contributed by atoms with Crippen molar-refractivity contribution in [1.82, 2.24) is 20.4 Å². The van der Waals surface area contributed by atoms with Crippen LogP contribution in [-0.4, -0.2) is 27.4 Å². The van der Waals surface area contributed by atoms with Gasteiger partial charge in [0.05, 0.1) is 22.9 Å². The van der Waals surface area contributed by atoms with E-state index in [2.05, 4.69) is 57.1 Å². The number of aryl methyl sites for hydroxylation is 1. The van der Waals surface area contributed by atoms with Crippen molar-refractivity contribution in [3.63, 3.8) is 0 Å². The highest BCUT2D eigenvalue weighted by Gasteiger charge is 2.55. The lowest BCUT2D eigenvalue weighted by molar-refractivity contribution is -0.122.